The zero-order chi connectivity index (χ0) is 24.1. The van der Waals surface area contributed by atoms with E-state index >= 15 is 0 Å². The first kappa shape index (κ1) is 23.2. The number of benzene rings is 2. The smallest absolute Gasteiger partial charge is 0.224 e. The van der Waals surface area contributed by atoms with Crippen LogP contribution in [0.15, 0.2) is 67.0 Å². The molecular formula is C25H25F2N7. The fourth-order valence-corrected chi connectivity index (χ4v) is 3.57. The maximum absolute atomic E-state index is 14.2. The van der Waals surface area contributed by atoms with E-state index in [2.05, 4.69) is 44.3 Å². The Morgan fingerprint density at radius 3 is 2.44 bits per heavy atom. The highest BCUT2D eigenvalue weighted by atomic mass is 19.1. The van der Waals surface area contributed by atoms with Crippen molar-refractivity contribution < 1.29 is 8.78 Å². The quantitative estimate of drug-likeness (QED) is 0.400. The Labute approximate surface area is 196 Å². The van der Waals surface area contributed by atoms with Crippen molar-refractivity contribution in [3.8, 4) is 11.4 Å². The van der Waals surface area contributed by atoms with E-state index in [1.54, 1.807) is 30.3 Å². The number of anilines is 3. The van der Waals surface area contributed by atoms with Crippen molar-refractivity contribution in [2.45, 2.75) is 25.9 Å². The lowest BCUT2D eigenvalue weighted by molar-refractivity contribution is 0.585. The molecule has 1 atom stereocenters. The second-order valence-corrected chi connectivity index (χ2v) is 7.93. The molecule has 0 aliphatic heterocycles. The van der Waals surface area contributed by atoms with Crippen molar-refractivity contribution in [3.63, 3.8) is 0 Å². The lowest BCUT2D eigenvalue weighted by Crippen LogP contribution is -2.21. The van der Waals surface area contributed by atoms with Crippen LogP contribution in [0.5, 0.6) is 0 Å². The predicted molar refractivity (Wildman–Crippen MR) is 129 cm³/mol. The third-order valence-corrected chi connectivity index (χ3v) is 5.29. The molecule has 4 rings (SSSR count). The Bertz CT molecular complexity index is 1280. The van der Waals surface area contributed by atoms with Gasteiger partial charge in [0.2, 0.25) is 5.95 Å². The number of rotatable bonds is 8. The summed E-state index contributed by atoms with van der Waals surface area (Å²) in [6.07, 6.45) is 3.97. The SMILES string of the molecule is C[C@@H](Cc1cccc(CN)c1)Nc1nccc(N(C)c2ccnc(-c3ccc(F)cc3F)n2)n1. The number of hydrogen-bond donors (Lipinski definition) is 2. The Morgan fingerprint density at radius 2 is 1.68 bits per heavy atom. The number of nitrogens with two attached hydrogens (primary N) is 1. The summed E-state index contributed by atoms with van der Waals surface area (Å²) >= 11 is 0. The van der Waals surface area contributed by atoms with Gasteiger partial charge in [-0.15, -0.1) is 0 Å². The number of halogens is 2. The number of nitrogens with one attached hydrogen (secondary N) is 1. The van der Waals surface area contributed by atoms with E-state index in [9.17, 15) is 8.78 Å². The number of hydrogen-bond acceptors (Lipinski definition) is 7. The molecule has 7 nitrogen and oxygen atoms in total. The Balaban J connectivity index is 1.50. The topological polar surface area (TPSA) is 92.8 Å². The fraction of sp³-hybridized carbons (Fsp3) is 0.200. The van der Waals surface area contributed by atoms with Crippen molar-refractivity contribution in [2.75, 3.05) is 17.3 Å². The van der Waals surface area contributed by atoms with Gasteiger partial charge in [-0.25, -0.2) is 23.7 Å². The normalized spacial score (nSPS) is 11.8. The number of aromatic nitrogens is 4. The van der Waals surface area contributed by atoms with Gasteiger partial charge < -0.3 is 16.0 Å². The molecule has 2 aromatic carbocycles. The Hall–Kier alpha value is -3.98. The Morgan fingerprint density at radius 1 is 0.941 bits per heavy atom. The summed E-state index contributed by atoms with van der Waals surface area (Å²) in [6, 6.07) is 15.0. The zero-order valence-corrected chi connectivity index (χ0v) is 18.9. The summed E-state index contributed by atoms with van der Waals surface area (Å²) in [5, 5.41) is 3.33. The fourth-order valence-electron chi connectivity index (χ4n) is 3.57. The second-order valence-electron chi connectivity index (χ2n) is 7.93. The van der Waals surface area contributed by atoms with E-state index in [0.29, 0.717) is 24.1 Å². The molecule has 4 aromatic rings. The van der Waals surface area contributed by atoms with Gasteiger partial charge in [0.25, 0.3) is 0 Å². The molecule has 9 heteroatoms. The molecule has 174 valence electrons. The van der Waals surface area contributed by atoms with Gasteiger partial charge in [-0.3, -0.25) is 0 Å². The number of nitrogens with zero attached hydrogens (tertiary/aromatic N) is 5. The highest BCUT2D eigenvalue weighted by Gasteiger charge is 2.14. The maximum Gasteiger partial charge on any atom is 0.224 e. The molecule has 34 heavy (non-hydrogen) atoms. The molecule has 0 aliphatic carbocycles. The maximum atomic E-state index is 14.2. The van der Waals surface area contributed by atoms with Crippen LogP contribution in [0.2, 0.25) is 0 Å². The molecule has 0 unspecified atom stereocenters. The van der Waals surface area contributed by atoms with E-state index in [-0.39, 0.29) is 17.4 Å². The van der Waals surface area contributed by atoms with Gasteiger partial charge in [0.05, 0.1) is 5.56 Å². The van der Waals surface area contributed by atoms with Gasteiger partial charge in [0.1, 0.15) is 23.3 Å². The Kier molecular flexibility index (Phi) is 7.03. The minimum Gasteiger partial charge on any atom is -0.351 e. The van der Waals surface area contributed by atoms with E-state index in [1.165, 1.54) is 23.9 Å². The predicted octanol–water partition coefficient (Wildman–Crippen LogP) is 4.48. The third kappa shape index (κ3) is 5.49. The first-order valence-electron chi connectivity index (χ1n) is 10.8. The zero-order valence-electron chi connectivity index (χ0n) is 18.9. The summed E-state index contributed by atoms with van der Waals surface area (Å²) in [4.78, 5) is 19.2. The highest BCUT2D eigenvalue weighted by molar-refractivity contribution is 5.61. The van der Waals surface area contributed by atoms with Crippen molar-refractivity contribution in [1.82, 2.24) is 19.9 Å². The van der Waals surface area contributed by atoms with Gasteiger partial charge in [-0.05, 0) is 48.7 Å². The van der Waals surface area contributed by atoms with Crippen molar-refractivity contribution in [1.29, 1.82) is 0 Å². The van der Waals surface area contributed by atoms with Crippen LogP contribution >= 0.6 is 0 Å². The summed E-state index contributed by atoms with van der Waals surface area (Å²) in [6.45, 7) is 2.56. The van der Waals surface area contributed by atoms with Crippen molar-refractivity contribution in [3.05, 3.63) is 89.8 Å². The average Bonchev–Trinajstić information content (AvgIpc) is 2.84. The van der Waals surface area contributed by atoms with Gasteiger partial charge in [0.15, 0.2) is 5.82 Å². The molecule has 2 aromatic heterocycles. The molecule has 0 saturated heterocycles. The minimum absolute atomic E-state index is 0.0840. The molecular weight excluding hydrogens is 436 g/mol. The van der Waals surface area contributed by atoms with Crippen LogP contribution in [0.4, 0.5) is 26.4 Å². The van der Waals surface area contributed by atoms with Gasteiger partial charge in [-0.1, -0.05) is 24.3 Å². The molecule has 2 heterocycles. The van der Waals surface area contributed by atoms with E-state index in [4.69, 9.17) is 5.73 Å². The summed E-state index contributed by atoms with van der Waals surface area (Å²) < 4.78 is 27.5. The van der Waals surface area contributed by atoms with Crippen LogP contribution < -0.4 is 16.0 Å². The molecule has 0 amide bonds. The van der Waals surface area contributed by atoms with Gasteiger partial charge in [0, 0.05) is 38.1 Å². The standard InChI is InChI=1S/C25H25F2N7/c1-16(12-17-4-3-5-18(13-17)15-28)31-25-30-11-9-23(33-25)34(2)22-8-10-29-24(32-22)20-7-6-19(26)14-21(20)27/h3-11,13-14,16H,12,15,28H2,1-2H3,(H,30,31,33)/t16-/m0/s1. The van der Waals surface area contributed by atoms with E-state index < -0.39 is 11.6 Å². The summed E-state index contributed by atoms with van der Waals surface area (Å²) in [5.41, 5.74) is 8.13. The molecule has 0 fully saturated rings. The van der Waals surface area contributed by atoms with Crippen molar-refractivity contribution >= 4 is 17.6 Å². The van der Waals surface area contributed by atoms with Crippen LogP contribution in [-0.4, -0.2) is 33.0 Å². The summed E-state index contributed by atoms with van der Waals surface area (Å²) in [5.74, 6) is 0.355. The largest absolute Gasteiger partial charge is 0.351 e. The van der Waals surface area contributed by atoms with Crippen LogP contribution in [-0.2, 0) is 13.0 Å². The molecule has 0 radical (unpaired) electrons. The van der Waals surface area contributed by atoms with Crippen molar-refractivity contribution in [2.24, 2.45) is 5.73 Å². The molecule has 3 N–H and O–H groups in total. The lowest BCUT2D eigenvalue weighted by Gasteiger charge is -2.19. The highest BCUT2D eigenvalue weighted by Crippen LogP contribution is 2.25. The second kappa shape index (κ2) is 10.3. The van der Waals surface area contributed by atoms with E-state index in [1.807, 2.05) is 12.1 Å². The first-order chi connectivity index (χ1) is 16.4. The third-order valence-electron chi connectivity index (χ3n) is 5.29. The minimum atomic E-state index is -0.723. The summed E-state index contributed by atoms with van der Waals surface area (Å²) in [7, 11) is 1.79. The van der Waals surface area contributed by atoms with Gasteiger partial charge in [-0.2, -0.15) is 4.98 Å². The van der Waals surface area contributed by atoms with E-state index in [0.717, 1.165) is 18.1 Å². The first-order valence-corrected chi connectivity index (χ1v) is 10.8. The average molecular weight is 462 g/mol. The van der Waals surface area contributed by atoms with Crippen LogP contribution in [0.25, 0.3) is 11.4 Å². The molecule has 0 spiro atoms. The van der Waals surface area contributed by atoms with Crippen LogP contribution in [0, 0.1) is 11.6 Å². The van der Waals surface area contributed by atoms with Crippen LogP contribution in [0.1, 0.15) is 18.1 Å². The van der Waals surface area contributed by atoms with Crippen LogP contribution in [0.3, 0.4) is 0 Å². The molecule has 0 aliphatic rings. The lowest BCUT2D eigenvalue weighted by atomic mass is 10.0. The van der Waals surface area contributed by atoms with Gasteiger partial charge >= 0.3 is 0 Å². The monoisotopic (exact) mass is 461 g/mol. The molecule has 0 bridgehead atoms. The molecule has 0 saturated carbocycles.